The van der Waals surface area contributed by atoms with Crippen molar-refractivity contribution in [2.75, 3.05) is 13.7 Å². The molecule has 1 aromatic heterocycles. The molecule has 0 radical (unpaired) electrons. The second kappa shape index (κ2) is 6.69. The van der Waals surface area contributed by atoms with Gasteiger partial charge in [0.25, 0.3) is 0 Å². The summed E-state index contributed by atoms with van der Waals surface area (Å²) in [5.74, 6) is 0. The number of thiazole rings is 1. The maximum Gasteiger partial charge on any atom is 0.123 e. The van der Waals surface area contributed by atoms with Gasteiger partial charge in [0.15, 0.2) is 0 Å². The molecule has 0 aliphatic rings. The minimum absolute atomic E-state index is 0.00325. The predicted molar refractivity (Wildman–Crippen MR) is 89.5 cm³/mol. The molecule has 0 bridgehead atoms. The van der Waals surface area contributed by atoms with E-state index in [1.54, 1.807) is 18.4 Å². The summed E-state index contributed by atoms with van der Waals surface area (Å²) in [5.41, 5.74) is 7.97. The Labute approximate surface area is 131 Å². The summed E-state index contributed by atoms with van der Waals surface area (Å²) in [6, 6.07) is 10.3. The molecule has 1 aromatic carbocycles. The Morgan fingerprint density at radius 3 is 2.43 bits per heavy atom. The Bertz CT molecular complexity index is 572. The van der Waals surface area contributed by atoms with Crippen LogP contribution in [0.2, 0.25) is 0 Å². The van der Waals surface area contributed by atoms with Gasteiger partial charge in [-0.15, -0.1) is 11.3 Å². The van der Waals surface area contributed by atoms with Gasteiger partial charge >= 0.3 is 0 Å². The minimum Gasteiger partial charge on any atom is -0.374 e. The van der Waals surface area contributed by atoms with Crippen LogP contribution in [0.5, 0.6) is 0 Å². The zero-order chi connectivity index (χ0) is 15.5. The minimum atomic E-state index is -0.00325. The van der Waals surface area contributed by atoms with Crippen LogP contribution in [0.3, 0.4) is 0 Å². The molecular formula is C17H24N2OS. The zero-order valence-corrected chi connectivity index (χ0v) is 14.0. The largest absolute Gasteiger partial charge is 0.374 e. The van der Waals surface area contributed by atoms with E-state index in [1.807, 2.05) is 18.2 Å². The molecular weight excluding hydrogens is 280 g/mol. The first-order valence-corrected chi connectivity index (χ1v) is 8.07. The second-order valence-corrected chi connectivity index (χ2v) is 7.33. The fourth-order valence-electron chi connectivity index (χ4n) is 2.43. The number of hydrogen-bond donors (Lipinski definition) is 1. The van der Waals surface area contributed by atoms with E-state index >= 15 is 0 Å². The Balaban J connectivity index is 2.47. The van der Waals surface area contributed by atoms with Gasteiger partial charge in [-0.3, -0.25) is 0 Å². The number of nitrogens with zero attached hydrogens (tertiary/aromatic N) is 1. The predicted octanol–water partition coefficient (Wildman–Crippen LogP) is 4.04. The maximum absolute atomic E-state index is 5.76. The normalized spacial score (nSPS) is 13.4. The highest BCUT2D eigenvalue weighted by molar-refractivity contribution is 7.12. The lowest BCUT2D eigenvalue weighted by Gasteiger charge is -2.27. The fraction of sp³-hybridized carbons (Fsp3) is 0.471. The summed E-state index contributed by atoms with van der Waals surface area (Å²) in [6.45, 7) is 7.16. The van der Waals surface area contributed by atoms with Crippen molar-refractivity contribution in [3.8, 4) is 11.3 Å². The van der Waals surface area contributed by atoms with Crippen molar-refractivity contribution < 1.29 is 4.74 Å². The highest BCUT2D eigenvalue weighted by Gasteiger charge is 2.30. The summed E-state index contributed by atoms with van der Waals surface area (Å²) in [5, 5.41) is 1.03. The van der Waals surface area contributed by atoms with Crippen LogP contribution in [0.25, 0.3) is 11.3 Å². The molecule has 2 rings (SSSR count). The molecule has 0 saturated heterocycles. The lowest BCUT2D eigenvalue weighted by atomic mass is 9.89. The smallest absolute Gasteiger partial charge is 0.123 e. The zero-order valence-electron chi connectivity index (χ0n) is 13.2. The van der Waals surface area contributed by atoms with Gasteiger partial charge in [0.05, 0.1) is 5.69 Å². The Morgan fingerprint density at radius 1 is 1.24 bits per heavy atom. The highest BCUT2D eigenvalue weighted by atomic mass is 32.1. The number of ether oxygens (including phenoxy) is 1. The maximum atomic E-state index is 5.76. The molecule has 0 aliphatic carbocycles. The van der Waals surface area contributed by atoms with Crippen molar-refractivity contribution in [3.05, 3.63) is 40.2 Å². The fourth-order valence-corrected chi connectivity index (χ4v) is 3.86. The van der Waals surface area contributed by atoms with Crippen molar-refractivity contribution in [2.24, 2.45) is 11.1 Å². The molecule has 1 unspecified atom stereocenters. The Kier molecular flexibility index (Phi) is 5.14. The van der Waals surface area contributed by atoms with Gasteiger partial charge in [0, 0.05) is 17.6 Å². The topological polar surface area (TPSA) is 48.1 Å². The lowest BCUT2D eigenvalue weighted by molar-refractivity contribution is 0.0151. The molecule has 0 fully saturated rings. The number of benzene rings is 1. The highest BCUT2D eigenvalue weighted by Crippen LogP contribution is 2.40. The van der Waals surface area contributed by atoms with E-state index in [1.165, 1.54) is 4.88 Å². The third-order valence-corrected chi connectivity index (χ3v) is 4.54. The van der Waals surface area contributed by atoms with Crippen LogP contribution in [-0.2, 0) is 11.2 Å². The molecule has 2 N–H and O–H groups in total. The third-order valence-electron chi connectivity index (χ3n) is 3.38. The van der Waals surface area contributed by atoms with Gasteiger partial charge in [0.1, 0.15) is 11.1 Å². The van der Waals surface area contributed by atoms with E-state index < -0.39 is 0 Å². The van der Waals surface area contributed by atoms with E-state index in [0.29, 0.717) is 6.54 Å². The molecule has 2 aromatic rings. The number of nitrogens with two attached hydrogens (primary N) is 1. The quantitative estimate of drug-likeness (QED) is 0.906. The molecule has 0 spiro atoms. The Hall–Kier alpha value is -1.23. The summed E-state index contributed by atoms with van der Waals surface area (Å²) in [7, 11) is 1.75. The first kappa shape index (κ1) is 16.1. The van der Waals surface area contributed by atoms with Crippen molar-refractivity contribution in [1.82, 2.24) is 4.98 Å². The first-order chi connectivity index (χ1) is 9.97. The van der Waals surface area contributed by atoms with Crippen LogP contribution in [0, 0.1) is 5.41 Å². The molecule has 1 heterocycles. The van der Waals surface area contributed by atoms with Gasteiger partial charge in [-0.2, -0.15) is 0 Å². The molecule has 0 aliphatic heterocycles. The summed E-state index contributed by atoms with van der Waals surface area (Å²) in [6.07, 6.45) is 0.846. The number of methoxy groups -OCH3 is 1. The Morgan fingerprint density at radius 2 is 1.90 bits per heavy atom. The third kappa shape index (κ3) is 3.70. The molecule has 114 valence electrons. The van der Waals surface area contributed by atoms with Gasteiger partial charge in [-0.1, -0.05) is 51.1 Å². The van der Waals surface area contributed by atoms with E-state index in [4.69, 9.17) is 15.5 Å². The van der Waals surface area contributed by atoms with E-state index in [0.717, 1.165) is 22.7 Å². The average Bonchev–Trinajstić information content (AvgIpc) is 2.83. The number of rotatable bonds is 5. The average molecular weight is 304 g/mol. The molecule has 4 heteroatoms. The monoisotopic (exact) mass is 304 g/mol. The van der Waals surface area contributed by atoms with Gasteiger partial charge < -0.3 is 10.5 Å². The van der Waals surface area contributed by atoms with Crippen molar-refractivity contribution in [2.45, 2.75) is 33.3 Å². The lowest BCUT2D eigenvalue weighted by Crippen LogP contribution is -2.19. The SMILES string of the molecule is COC(c1nc(-c2ccccc2)c(CCN)s1)C(C)(C)C. The van der Waals surface area contributed by atoms with Crippen LogP contribution in [0.4, 0.5) is 0 Å². The molecule has 0 amide bonds. The number of hydrogen-bond acceptors (Lipinski definition) is 4. The summed E-state index contributed by atoms with van der Waals surface area (Å²) in [4.78, 5) is 6.12. The van der Waals surface area contributed by atoms with Crippen LogP contribution < -0.4 is 5.73 Å². The van der Waals surface area contributed by atoms with E-state index in [2.05, 4.69) is 32.9 Å². The van der Waals surface area contributed by atoms with Crippen molar-refractivity contribution in [3.63, 3.8) is 0 Å². The van der Waals surface area contributed by atoms with Crippen LogP contribution in [0.15, 0.2) is 30.3 Å². The van der Waals surface area contributed by atoms with Gasteiger partial charge in [0.2, 0.25) is 0 Å². The molecule has 3 nitrogen and oxygen atoms in total. The molecule has 1 atom stereocenters. The second-order valence-electron chi connectivity index (χ2n) is 6.21. The van der Waals surface area contributed by atoms with Gasteiger partial charge in [-0.25, -0.2) is 4.98 Å². The van der Waals surface area contributed by atoms with Gasteiger partial charge in [-0.05, 0) is 18.4 Å². The van der Waals surface area contributed by atoms with Crippen LogP contribution in [-0.4, -0.2) is 18.6 Å². The first-order valence-electron chi connectivity index (χ1n) is 7.25. The summed E-state index contributed by atoms with van der Waals surface area (Å²) < 4.78 is 5.70. The van der Waals surface area contributed by atoms with Crippen LogP contribution >= 0.6 is 11.3 Å². The van der Waals surface area contributed by atoms with E-state index in [-0.39, 0.29) is 11.5 Å². The van der Waals surface area contributed by atoms with E-state index in [9.17, 15) is 0 Å². The summed E-state index contributed by atoms with van der Waals surface area (Å²) >= 11 is 1.72. The standard InChI is InChI=1S/C17H24N2OS/c1-17(2,3)15(20-4)16-19-14(13(21-16)10-11-18)12-8-6-5-7-9-12/h5-9,15H,10-11,18H2,1-4H3. The number of aromatic nitrogens is 1. The molecule has 0 saturated carbocycles. The van der Waals surface area contributed by atoms with Crippen molar-refractivity contribution in [1.29, 1.82) is 0 Å². The molecule has 21 heavy (non-hydrogen) atoms. The van der Waals surface area contributed by atoms with Crippen LogP contribution in [0.1, 0.15) is 36.8 Å². The van der Waals surface area contributed by atoms with Crippen molar-refractivity contribution >= 4 is 11.3 Å².